The van der Waals surface area contributed by atoms with Crippen LogP contribution in [0.2, 0.25) is 0 Å². The molecule has 0 aromatic heterocycles. The summed E-state index contributed by atoms with van der Waals surface area (Å²) < 4.78 is 0. The molecule has 0 aliphatic heterocycles. The highest BCUT2D eigenvalue weighted by Crippen LogP contribution is 2.16. The second-order valence-electron chi connectivity index (χ2n) is 4.41. The fourth-order valence-corrected chi connectivity index (χ4v) is 1.83. The number of hydrogen-bond acceptors (Lipinski definition) is 3. The van der Waals surface area contributed by atoms with E-state index in [0.29, 0.717) is 5.69 Å². The second kappa shape index (κ2) is 8.16. The molecule has 0 spiro atoms. The predicted octanol–water partition coefficient (Wildman–Crippen LogP) is 1.60. The summed E-state index contributed by atoms with van der Waals surface area (Å²) in [6, 6.07) is 5.69. The van der Waals surface area contributed by atoms with Gasteiger partial charge >= 0.3 is 12.0 Å². The molecule has 0 saturated carbocycles. The zero-order valence-electron chi connectivity index (χ0n) is 11.4. The van der Waals surface area contributed by atoms with Crippen LogP contribution in [0.3, 0.4) is 0 Å². The van der Waals surface area contributed by atoms with Gasteiger partial charge in [0.25, 0.3) is 0 Å². The molecule has 0 saturated heterocycles. The number of nitrogens with one attached hydrogen (secondary N) is 2. The number of amides is 2. The Labute approximate surface area is 117 Å². The number of hydrogen-bond donors (Lipinski definition) is 4. The van der Waals surface area contributed by atoms with E-state index in [1.807, 2.05) is 19.1 Å². The van der Waals surface area contributed by atoms with E-state index >= 15 is 0 Å². The molecule has 0 fully saturated rings. The van der Waals surface area contributed by atoms with Crippen LogP contribution in [-0.2, 0) is 11.2 Å². The Kier molecular flexibility index (Phi) is 6.52. The fourth-order valence-electron chi connectivity index (χ4n) is 1.83. The quantitative estimate of drug-likeness (QED) is 0.609. The van der Waals surface area contributed by atoms with Crippen molar-refractivity contribution in [1.29, 1.82) is 0 Å². The van der Waals surface area contributed by atoms with Crippen molar-refractivity contribution >= 4 is 17.7 Å². The van der Waals surface area contributed by atoms with Crippen molar-refractivity contribution in [3.05, 3.63) is 29.8 Å². The molecule has 0 radical (unpaired) electrons. The van der Waals surface area contributed by atoms with Crippen LogP contribution in [0.4, 0.5) is 10.5 Å². The van der Waals surface area contributed by atoms with Crippen molar-refractivity contribution in [3.8, 4) is 0 Å². The third-order valence-corrected chi connectivity index (χ3v) is 2.81. The summed E-state index contributed by atoms with van der Waals surface area (Å²) in [6.45, 7) is 1.74. The number of carboxylic acids is 1. The lowest BCUT2D eigenvalue weighted by Gasteiger charge is -2.15. The highest BCUT2D eigenvalue weighted by Gasteiger charge is 2.19. The minimum atomic E-state index is -1.17. The Morgan fingerprint density at radius 2 is 2.00 bits per heavy atom. The Balaban J connectivity index is 2.68. The number of carbonyl (C=O) groups is 2. The standard InChI is InChI=1S/C14H20N2O4/c1-2-5-10-6-3-4-7-11(10)15-14(20)16-12(8-9-17)13(18)19/h3-4,6-7,12,17H,2,5,8-9H2,1H3,(H,18,19)(H2,15,16,20). The van der Waals surface area contributed by atoms with Crippen molar-refractivity contribution in [3.63, 3.8) is 0 Å². The third-order valence-electron chi connectivity index (χ3n) is 2.81. The zero-order valence-corrected chi connectivity index (χ0v) is 11.4. The summed E-state index contributed by atoms with van der Waals surface area (Å²) in [5.41, 5.74) is 1.67. The van der Waals surface area contributed by atoms with E-state index in [0.717, 1.165) is 18.4 Å². The van der Waals surface area contributed by atoms with Crippen LogP contribution in [0.25, 0.3) is 0 Å². The van der Waals surface area contributed by atoms with E-state index in [4.69, 9.17) is 10.2 Å². The van der Waals surface area contributed by atoms with Gasteiger partial charge in [-0.05, 0) is 18.1 Å². The lowest BCUT2D eigenvalue weighted by atomic mass is 10.1. The number of anilines is 1. The average molecular weight is 280 g/mol. The van der Waals surface area contributed by atoms with Crippen LogP contribution in [0, 0.1) is 0 Å². The number of aliphatic hydroxyl groups is 1. The first-order chi connectivity index (χ1) is 9.58. The van der Waals surface area contributed by atoms with E-state index in [1.54, 1.807) is 12.1 Å². The number of aliphatic hydroxyl groups excluding tert-OH is 1. The molecule has 1 unspecified atom stereocenters. The number of rotatable bonds is 7. The third kappa shape index (κ3) is 4.89. The van der Waals surface area contributed by atoms with E-state index in [1.165, 1.54) is 0 Å². The van der Waals surface area contributed by atoms with Gasteiger partial charge in [0.2, 0.25) is 0 Å². The van der Waals surface area contributed by atoms with Gasteiger partial charge in [0.15, 0.2) is 0 Å². The first-order valence-corrected chi connectivity index (χ1v) is 6.57. The minimum absolute atomic E-state index is 0.0284. The maximum absolute atomic E-state index is 11.8. The summed E-state index contributed by atoms with van der Waals surface area (Å²) in [4.78, 5) is 22.7. The van der Waals surface area contributed by atoms with Gasteiger partial charge in [0.05, 0.1) is 0 Å². The molecule has 0 bridgehead atoms. The number of carbonyl (C=O) groups excluding carboxylic acids is 1. The van der Waals surface area contributed by atoms with Crippen LogP contribution in [0.1, 0.15) is 25.3 Å². The Morgan fingerprint density at radius 3 is 2.60 bits per heavy atom. The Bertz CT molecular complexity index is 462. The molecule has 1 rings (SSSR count). The van der Waals surface area contributed by atoms with Gasteiger partial charge in [-0.25, -0.2) is 9.59 Å². The highest BCUT2D eigenvalue weighted by molar-refractivity contribution is 5.92. The molecule has 6 nitrogen and oxygen atoms in total. The fraction of sp³-hybridized carbons (Fsp3) is 0.429. The van der Waals surface area contributed by atoms with Gasteiger partial charge in [-0.15, -0.1) is 0 Å². The molecule has 2 amide bonds. The van der Waals surface area contributed by atoms with Crippen LogP contribution >= 0.6 is 0 Å². The average Bonchev–Trinajstić information content (AvgIpc) is 2.40. The number of benzene rings is 1. The van der Waals surface area contributed by atoms with E-state index in [9.17, 15) is 9.59 Å². The SMILES string of the molecule is CCCc1ccccc1NC(=O)NC(CCO)C(=O)O. The molecular weight excluding hydrogens is 260 g/mol. The molecular formula is C14H20N2O4. The maximum atomic E-state index is 11.8. The molecule has 0 aliphatic carbocycles. The largest absolute Gasteiger partial charge is 0.480 e. The van der Waals surface area contributed by atoms with E-state index in [2.05, 4.69) is 10.6 Å². The number of para-hydroxylation sites is 1. The summed E-state index contributed by atoms with van der Waals surface area (Å²) in [5.74, 6) is -1.17. The van der Waals surface area contributed by atoms with Crippen molar-refractivity contribution in [2.75, 3.05) is 11.9 Å². The number of urea groups is 1. The van der Waals surface area contributed by atoms with E-state index < -0.39 is 18.0 Å². The van der Waals surface area contributed by atoms with Crippen molar-refractivity contribution in [2.24, 2.45) is 0 Å². The zero-order chi connectivity index (χ0) is 15.0. The molecule has 1 aromatic rings. The second-order valence-corrected chi connectivity index (χ2v) is 4.41. The van der Waals surface area contributed by atoms with E-state index in [-0.39, 0.29) is 13.0 Å². The number of aliphatic carboxylic acids is 1. The lowest BCUT2D eigenvalue weighted by molar-refractivity contribution is -0.139. The Morgan fingerprint density at radius 1 is 1.30 bits per heavy atom. The first kappa shape index (κ1) is 16.0. The molecule has 1 atom stereocenters. The molecule has 0 aliphatic rings. The molecule has 20 heavy (non-hydrogen) atoms. The van der Waals surface area contributed by atoms with Crippen LogP contribution in [0.5, 0.6) is 0 Å². The van der Waals surface area contributed by atoms with Gasteiger partial charge in [-0.3, -0.25) is 0 Å². The Hall–Kier alpha value is -2.08. The normalized spacial score (nSPS) is 11.7. The molecule has 1 aromatic carbocycles. The summed E-state index contributed by atoms with van der Waals surface area (Å²) >= 11 is 0. The number of carboxylic acid groups (broad SMARTS) is 1. The molecule has 6 heteroatoms. The summed E-state index contributed by atoms with van der Waals surface area (Å²) in [6.07, 6.45) is 1.75. The smallest absolute Gasteiger partial charge is 0.326 e. The van der Waals surface area contributed by atoms with Gasteiger partial charge < -0.3 is 20.8 Å². The molecule has 0 heterocycles. The van der Waals surface area contributed by atoms with Gasteiger partial charge in [-0.2, -0.15) is 0 Å². The van der Waals surface area contributed by atoms with Crippen LogP contribution < -0.4 is 10.6 Å². The first-order valence-electron chi connectivity index (χ1n) is 6.57. The molecule has 110 valence electrons. The van der Waals surface area contributed by atoms with Crippen LogP contribution in [-0.4, -0.2) is 34.9 Å². The lowest BCUT2D eigenvalue weighted by Crippen LogP contribution is -2.43. The van der Waals surface area contributed by atoms with Crippen molar-refractivity contribution in [1.82, 2.24) is 5.32 Å². The number of aryl methyl sites for hydroxylation is 1. The van der Waals surface area contributed by atoms with Gasteiger partial charge in [0, 0.05) is 18.7 Å². The van der Waals surface area contributed by atoms with Crippen LogP contribution in [0.15, 0.2) is 24.3 Å². The van der Waals surface area contributed by atoms with Gasteiger partial charge in [-0.1, -0.05) is 31.5 Å². The monoisotopic (exact) mass is 280 g/mol. The summed E-state index contributed by atoms with van der Waals surface area (Å²) in [7, 11) is 0. The highest BCUT2D eigenvalue weighted by atomic mass is 16.4. The maximum Gasteiger partial charge on any atom is 0.326 e. The molecule has 4 N–H and O–H groups in total. The van der Waals surface area contributed by atoms with Crippen molar-refractivity contribution < 1.29 is 19.8 Å². The summed E-state index contributed by atoms with van der Waals surface area (Å²) in [5, 5.41) is 22.6. The topological polar surface area (TPSA) is 98.7 Å². The van der Waals surface area contributed by atoms with Gasteiger partial charge in [0.1, 0.15) is 6.04 Å². The predicted molar refractivity (Wildman–Crippen MR) is 75.7 cm³/mol. The minimum Gasteiger partial charge on any atom is -0.480 e. The van der Waals surface area contributed by atoms with Crippen molar-refractivity contribution in [2.45, 2.75) is 32.2 Å².